The number of hydrogen-bond acceptors (Lipinski definition) is 4. The number of furan rings is 1. The second kappa shape index (κ2) is 5.00. The number of rotatable bonds is 1. The molecular formula is C14H11BrN2O4. The van der Waals surface area contributed by atoms with Crippen molar-refractivity contribution >= 4 is 44.6 Å². The highest BCUT2D eigenvalue weighted by Gasteiger charge is 2.35. The number of carbonyl (C=O) groups is 3. The number of benzene rings is 1. The van der Waals surface area contributed by atoms with Gasteiger partial charge in [-0.25, -0.2) is 0 Å². The van der Waals surface area contributed by atoms with E-state index in [1.807, 2.05) is 12.1 Å². The Hall–Kier alpha value is -2.15. The lowest BCUT2D eigenvalue weighted by Gasteiger charge is -2.30. The lowest BCUT2D eigenvalue weighted by atomic mass is 10.2. The fourth-order valence-electron chi connectivity index (χ4n) is 2.24. The first kappa shape index (κ1) is 13.8. The molecule has 6 nitrogen and oxygen atoms in total. The van der Waals surface area contributed by atoms with Crippen molar-refractivity contribution in [2.45, 2.75) is 13.0 Å². The topological polar surface area (TPSA) is 79.6 Å². The minimum absolute atomic E-state index is 0.103. The third kappa shape index (κ3) is 2.33. The Morgan fingerprint density at radius 3 is 2.90 bits per heavy atom. The van der Waals surface area contributed by atoms with E-state index in [4.69, 9.17) is 4.42 Å². The van der Waals surface area contributed by atoms with E-state index in [1.54, 1.807) is 19.1 Å². The largest absolute Gasteiger partial charge is 0.450 e. The summed E-state index contributed by atoms with van der Waals surface area (Å²) in [5, 5.41) is 2.96. The Labute approximate surface area is 128 Å². The van der Waals surface area contributed by atoms with Gasteiger partial charge in [-0.05, 0) is 35.0 Å². The van der Waals surface area contributed by atoms with Gasteiger partial charge in [-0.15, -0.1) is 0 Å². The van der Waals surface area contributed by atoms with Crippen molar-refractivity contribution in [2.24, 2.45) is 0 Å². The van der Waals surface area contributed by atoms with Crippen molar-refractivity contribution in [1.29, 1.82) is 0 Å². The van der Waals surface area contributed by atoms with Crippen molar-refractivity contribution < 1.29 is 18.8 Å². The van der Waals surface area contributed by atoms with Crippen LogP contribution in [0, 0.1) is 0 Å². The summed E-state index contributed by atoms with van der Waals surface area (Å²) in [6.07, 6.45) is 0. The first-order chi connectivity index (χ1) is 9.97. The van der Waals surface area contributed by atoms with Gasteiger partial charge in [0.05, 0.1) is 4.47 Å². The lowest BCUT2D eigenvalue weighted by molar-refractivity contribution is -0.138. The summed E-state index contributed by atoms with van der Waals surface area (Å²) in [5.74, 6) is -1.36. The molecule has 108 valence electrons. The molecule has 1 aromatic carbocycles. The molecule has 3 rings (SSSR count). The van der Waals surface area contributed by atoms with Crippen molar-refractivity contribution in [3.05, 3.63) is 34.5 Å². The quantitative estimate of drug-likeness (QED) is 0.793. The molecule has 1 unspecified atom stereocenters. The van der Waals surface area contributed by atoms with Gasteiger partial charge < -0.3 is 9.32 Å². The molecule has 0 bridgehead atoms. The summed E-state index contributed by atoms with van der Waals surface area (Å²) in [6.45, 7) is 1.40. The first-order valence-corrected chi connectivity index (χ1v) is 7.09. The Bertz CT molecular complexity index is 767. The Morgan fingerprint density at radius 1 is 1.43 bits per heavy atom. The third-order valence-corrected chi connectivity index (χ3v) is 4.02. The van der Waals surface area contributed by atoms with E-state index in [2.05, 4.69) is 21.2 Å². The van der Waals surface area contributed by atoms with E-state index >= 15 is 0 Å². The fourth-order valence-corrected chi connectivity index (χ4v) is 2.70. The molecule has 0 aliphatic carbocycles. The Balaban J connectivity index is 1.98. The molecule has 1 aromatic heterocycles. The number of para-hydroxylation sites is 1. The summed E-state index contributed by atoms with van der Waals surface area (Å²) in [6, 6.07) is 6.34. The molecule has 21 heavy (non-hydrogen) atoms. The monoisotopic (exact) mass is 350 g/mol. The van der Waals surface area contributed by atoms with Gasteiger partial charge >= 0.3 is 0 Å². The van der Waals surface area contributed by atoms with Crippen LogP contribution in [0.4, 0.5) is 0 Å². The molecule has 2 aromatic rings. The van der Waals surface area contributed by atoms with Crippen LogP contribution in [-0.2, 0) is 9.59 Å². The summed E-state index contributed by atoms with van der Waals surface area (Å²) in [7, 11) is 0. The van der Waals surface area contributed by atoms with Crippen LogP contribution >= 0.6 is 15.9 Å². The van der Waals surface area contributed by atoms with E-state index in [9.17, 15) is 14.4 Å². The van der Waals surface area contributed by atoms with Crippen LogP contribution in [0.15, 0.2) is 33.2 Å². The average molecular weight is 351 g/mol. The minimum Gasteiger partial charge on any atom is -0.450 e. The summed E-state index contributed by atoms with van der Waals surface area (Å²) in [4.78, 5) is 36.7. The predicted molar refractivity (Wildman–Crippen MR) is 77.6 cm³/mol. The van der Waals surface area contributed by atoms with Gasteiger partial charge in [0, 0.05) is 5.39 Å². The predicted octanol–water partition coefficient (Wildman–Crippen LogP) is 1.68. The smallest absolute Gasteiger partial charge is 0.290 e. The van der Waals surface area contributed by atoms with E-state index < -0.39 is 23.8 Å². The van der Waals surface area contributed by atoms with Crippen molar-refractivity contribution in [3.8, 4) is 0 Å². The van der Waals surface area contributed by atoms with E-state index in [0.29, 0.717) is 5.58 Å². The standard InChI is InChI=1S/C14H11BrN2O4/c1-7-13(19)16-11(18)6-17(7)14(20)10-5-8-3-2-4-9(15)12(8)21-10/h2-5,7H,6H2,1H3,(H,16,18,19). The zero-order valence-electron chi connectivity index (χ0n) is 11.1. The lowest BCUT2D eigenvalue weighted by Crippen LogP contribution is -2.58. The number of nitrogens with zero attached hydrogens (tertiary/aromatic N) is 1. The zero-order valence-corrected chi connectivity index (χ0v) is 12.6. The second-order valence-corrected chi connectivity index (χ2v) is 5.64. The van der Waals surface area contributed by atoms with Crippen molar-refractivity contribution in [2.75, 3.05) is 6.54 Å². The molecule has 0 saturated carbocycles. The summed E-state index contributed by atoms with van der Waals surface area (Å²) < 4.78 is 6.29. The molecule has 0 spiro atoms. The van der Waals surface area contributed by atoms with Crippen LogP contribution in [0.3, 0.4) is 0 Å². The molecule has 0 radical (unpaired) electrons. The third-order valence-electron chi connectivity index (χ3n) is 3.39. The highest BCUT2D eigenvalue weighted by molar-refractivity contribution is 9.10. The van der Waals surface area contributed by atoms with Gasteiger partial charge in [0.15, 0.2) is 5.76 Å². The number of fused-ring (bicyclic) bond motifs is 1. The highest BCUT2D eigenvalue weighted by atomic mass is 79.9. The Kier molecular flexibility index (Phi) is 3.29. The van der Waals surface area contributed by atoms with Crippen molar-refractivity contribution in [1.82, 2.24) is 10.2 Å². The minimum atomic E-state index is -0.716. The van der Waals surface area contributed by atoms with Gasteiger partial charge in [0.25, 0.3) is 5.91 Å². The number of imide groups is 1. The number of amides is 3. The van der Waals surface area contributed by atoms with Crippen LogP contribution in [0.2, 0.25) is 0 Å². The van der Waals surface area contributed by atoms with Crippen LogP contribution in [0.5, 0.6) is 0 Å². The van der Waals surface area contributed by atoms with Gasteiger partial charge in [-0.1, -0.05) is 12.1 Å². The van der Waals surface area contributed by atoms with Gasteiger partial charge in [-0.3, -0.25) is 19.7 Å². The number of hydrogen-bond donors (Lipinski definition) is 1. The van der Waals surface area contributed by atoms with E-state index in [1.165, 1.54) is 4.90 Å². The normalized spacial score (nSPS) is 19.0. The molecule has 7 heteroatoms. The number of carbonyl (C=O) groups excluding carboxylic acids is 3. The van der Waals surface area contributed by atoms with E-state index in [0.717, 1.165) is 9.86 Å². The van der Waals surface area contributed by atoms with Crippen molar-refractivity contribution in [3.63, 3.8) is 0 Å². The summed E-state index contributed by atoms with van der Waals surface area (Å²) in [5.41, 5.74) is 0.557. The van der Waals surface area contributed by atoms with Crippen LogP contribution < -0.4 is 5.32 Å². The summed E-state index contributed by atoms with van der Waals surface area (Å²) >= 11 is 3.35. The molecule has 1 aliphatic rings. The maximum atomic E-state index is 12.5. The SMILES string of the molecule is CC1C(=O)NC(=O)CN1C(=O)c1cc2cccc(Br)c2o1. The number of piperazine rings is 1. The van der Waals surface area contributed by atoms with Gasteiger partial charge in [-0.2, -0.15) is 0 Å². The number of nitrogens with one attached hydrogen (secondary N) is 1. The Morgan fingerprint density at radius 2 is 2.19 bits per heavy atom. The maximum Gasteiger partial charge on any atom is 0.290 e. The molecule has 1 atom stereocenters. The van der Waals surface area contributed by atoms with Gasteiger partial charge in [0.1, 0.15) is 18.2 Å². The molecule has 2 heterocycles. The molecule has 1 N–H and O–H groups in total. The van der Waals surface area contributed by atoms with E-state index in [-0.39, 0.29) is 12.3 Å². The van der Waals surface area contributed by atoms with Crippen LogP contribution in [0.1, 0.15) is 17.5 Å². The molecular weight excluding hydrogens is 340 g/mol. The fraction of sp³-hybridized carbons (Fsp3) is 0.214. The molecule has 1 fully saturated rings. The maximum absolute atomic E-state index is 12.5. The molecule has 1 saturated heterocycles. The zero-order chi connectivity index (χ0) is 15.1. The van der Waals surface area contributed by atoms with Crippen LogP contribution in [-0.4, -0.2) is 35.2 Å². The average Bonchev–Trinajstić information content (AvgIpc) is 2.87. The second-order valence-electron chi connectivity index (χ2n) is 4.79. The molecule has 3 amide bonds. The molecule has 1 aliphatic heterocycles. The van der Waals surface area contributed by atoms with Gasteiger partial charge in [0.2, 0.25) is 11.8 Å². The van der Waals surface area contributed by atoms with Crippen LogP contribution in [0.25, 0.3) is 11.0 Å². The first-order valence-electron chi connectivity index (χ1n) is 6.30. The highest BCUT2D eigenvalue weighted by Crippen LogP contribution is 2.28. The number of halogens is 1.